The van der Waals surface area contributed by atoms with E-state index in [2.05, 4.69) is 38.8 Å². The maximum Gasteiger partial charge on any atom is 0.273 e. The number of carbonyl (C=O) groups excluding carboxylic acids is 1. The summed E-state index contributed by atoms with van der Waals surface area (Å²) >= 11 is 1.45. The Balaban J connectivity index is 1.44. The number of aryl methyl sites for hydroxylation is 2. The van der Waals surface area contributed by atoms with Gasteiger partial charge in [0.05, 0.1) is 24.1 Å². The zero-order chi connectivity index (χ0) is 16.4. The van der Waals surface area contributed by atoms with Crippen molar-refractivity contribution in [3.05, 3.63) is 70.2 Å². The Labute approximate surface area is 144 Å². The van der Waals surface area contributed by atoms with Gasteiger partial charge in [-0.05, 0) is 12.0 Å². The third-order valence-electron chi connectivity index (χ3n) is 4.41. The van der Waals surface area contributed by atoms with Gasteiger partial charge in [-0.15, -0.1) is 11.3 Å². The highest BCUT2D eigenvalue weighted by molar-refractivity contribution is 7.07. The summed E-state index contributed by atoms with van der Waals surface area (Å²) < 4.78 is 2.23. The highest BCUT2D eigenvalue weighted by Crippen LogP contribution is 2.20. The lowest BCUT2D eigenvalue weighted by Crippen LogP contribution is -2.36. The van der Waals surface area contributed by atoms with Crippen LogP contribution in [0.2, 0.25) is 0 Å². The fraction of sp³-hybridized carbons (Fsp3) is 0.278. The van der Waals surface area contributed by atoms with Crippen molar-refractivity contribution in [3.8, 4) is 0 Å². The summed E-state index contributed by atoms with van der Waals surface area (Å²) in [5.41, 5.74) is 5.83. The molecule has 1 aliphatic rings. The van der Waals surface area contributed by atoms with Gasteiger partial charge < -0.3 is 9.47 Å². The number of imidazole rings is 1. The van der Waals surface area contributed by atoms with Crippen molar-refractivity contribution in [2.75, 3.05) is 6.54 Å². The molecule has 0 bridgehead atoms. The molecule has 0 saturated heterocycles. The highest BCUT2D eigenvalue weighted by atomic mass is 32.1. The Kier molecular flexibility index (Phi) is 4.13. The molecule has 1 aliphatic heterocycles. The molecule has 3 heterocycles. The second-order valence-electron chi connectivity index (χ2n) is 5.92. The van der Waals surface area contributed by atoms with E-state index in [9.17, 15) is 4.79 Å². The lowest BCUT2D eigenvalue weighted by Gasteiger charge is -2.26. The first-order valence-electron chi connectivity index (χ1n) is 8.05. The van der Waals surface area contributed by atoms with E-state index in [0.29, 0.717) is 12.2 Å². The van der Waals surface area contributed by atoms with Crippen LogP contribution in [0.5, 0.6) is 0 Å². The van der Waals surface area contributed by atoms with Crippen LogP contribution < -0.4 is 0 Å². The minimum absolute atomic E-state index is 0.000681. The van der Waals surface area contributed by atoms with Crippen LogP contribution in [0.1, 0.15) is 27.4 Å². The van der Waals surface area contributed by atoms with Gasteiger partial charge in [0, 0.05) is 30.6 Å². The first kappa shape index (κ1) is 15.1. The average molecular weight is 338 g/mol. The summed E-state index contributed by atoms with van der Waals surface area (Å²) in [6, 6.07) is 10.5. The van der Waals surface area contributed by atoms with E-state index in [1.54, 1.807) is 10.9 Å². The quantitative estimate of drug-likeness (QED) is 0.735. The Hall–Kier alpha value is -2.47. The monoisotopic (exact) mass is 338 g/mol. The first-order valence-corrected chi connectivity index (χ1v) is 9.00. The van der Waals surface area contributed by atoms with E-state index < -0.39 is 0 Å². The summed E-state index contributed by atoms with van der Waals surface area (Å²) in [5.74, 6) is 0.000681. The molecule has 0 atom stereocenters. The topological polar surface area (TPSA) is 51.0 Å². The van der Waals surface area contributed by atoms with Crippen LogP contribution in [0.15, 0.2) is 47.5 Å². The smallest absolute Gasteiger partial charge is 0.273 e. The van der Waals surface area contributed by atoms with Gasteiger partial charge in [0.1, 0.15) is 5.69 Å². The number of aromatic nitrogens is 3. The number of carbonyl (C=O) groups is 1. The summed E-state index contributed by atoms with van der Waals surface area (Å²) in [4.78, 5) is 22.9. The molecule has 0 N–H and O–H groups in total. The zero-order valence-corrected chi connectivity index (χ0v) is 14.1. The lowest BCUT2D eigenvalue weighted by atomic mass is 10.1. The predicted octanol–water partition coefficient (Wildman–Crippen LogP) is 2.78. The molecule has 6 heteroatoms. The molecule has 5 nitrogen and oxygen atoms in total. The van der Waals surface area contributed by atoms with Gasteiger partial charge in [0.25, 0.3) is 5.91 Å². The number of benzene rings is 1. The summed E-state index contributed by atoms with van der Waals surface area (Å²) in [6.07, 6.45) is 3.75. The van der Waals surface area contributed by atoms with E-state index in [0.717, 1.165) is 31.6 Å². The molecule has 24 heavy (non-hydrogen) atoms. The van der Waals surface area contributed by atoms with Crippen molar-refractivity contribution >= 4 is 17.2 Å². The van der Waals surface area contributed by atoms with Crippen molar-refractivity contribution in [2.24, 2.45) is 0 Å². The zero-order valence-electron chi connectivity index (χ0n) is 13.3. The molecule has 0 spiro atoms. The van der Waals surface area contributed by atoms with Gasteiger partial charge >= 0.3 is 0 Å². The molecule has 1 aromatic carbocycles. The Bertz CT molecular complexity index is 826. The molecule has 3 aromatic rings. The van der Waals surface area contributed by atoms with Crippen LogP contribution in [0.4, 0.5) is 0 Å². The molecule has 0 fully saturated rings. The van der Waals surface area contributed by atoms with Crippen LogP contribution in [0.25, 0.3) is 0 Å². The van der Waals surface area contributed by atoms with Crippen molar-refractivity contribution in [1.82, 2.24) is 19.4 Å². The molecule has 122 valence electrons. The van der Waals surface area contributed by atoms with E-state index in [4.69, 9.17) is 0 Å². The van der Waals surface area contributed by atoms with Gasteiger partial charge in [-0.3, -0.25) is 4.79 Å². The second-order valence-corrected chi connectivity index (χ2v) is 6.64. The van der Waals surface area contributed by atoms with Gasteiger partial charge in [-0.25, -0.2) is 9.97 Å². The largest absolute Gasteiger partial charge is 0.334 e. The van der Waals surface area contributed by atoms with E-state index >= 15 is 0 Å². The second kappa shape index (κ2) is 6.57. The SMILES string of the molecule is O=C(c1cscn1)N1CCc2c(ncn2CCc2ccccc2)C1. The Morgan fingerprint density at radius 1 is 1.21 bits per heavy atom. The summed E-state index contributed by atoms with van der Waals surface area (Å²) in [5, 5.41) is 1.80. The standard InChI is InChI=1S/C18H18N4OS/c23-18(16-11-24-13-20-16)21-9-7-17-15(10-21)19-12-22(17)8-6-14-4-2-1-3-5-14/h1-5,11-13H,6-10H2. The van der Waals surface area contributed by atoms with E-state index in [1.165, 1.54) is 22.6 Å². The van der Waals surface area contributed by atoms with E-state index in [-0.39, 0.29) is 5.91 Å². The van der Waals surface area contributed by atoms with Crippen molar-refractivity contribution in [1.29, 1.82) is 0 Å². The van der Waals surface area contributed by atoms with Crippen molar-refractivity contribution in [2.45, 2.75) is 25.9 Å². The molecule has 4 rings (SSSR count). The minimum atomic E-state index is 0.000681. The fourth-order valence-electron chi connectivity index (χ4n) is 3.11. The summed E-state index contributed by atoms with van der Waals surface area (Å²) in [6.45, 7) is 2.22. The highest BCUT2D eigenvalue weighted by Gasteiger charge is 2.25. The van der Waals surface area contributed by atoms with Crippen LogP contribution in [0.3, 0.4) is 0 Å². The average Bonchev–Trinajstić information content (AvgIpc) is 3.30. The maximum absolute atomic E-state index is 12.4. The molecule has 0 unspecified atom stereocenters. The molecule has 0 radical (unpaired) electrons. The molecule has 1 amide bonds. The van der Waals surface area contributed by atoms with Crippen molar-refractivity contribution < 1.29 is 4.79 Å². The number of hydrogen-bond acceptors (Lipinski definition) is 4. The van der Waals surface area contributed by atoms with Crippen LogP contribution >= 0.6 is 11.3 Å². The number of nitrogens with zero attached hydrogens (tertiary/aromatic N) is 4. The Morgan fingerprint density at radius 3 is 2.88 bits per heavy atom. The molecular weight excluding hydrogens is 320 g/mol. The van der Waals surface area contributed by atoms with Crippen molar-refractivity contribution in [3.63, 3.8) is 0 Å². The molecular formula is C18H18N4OS. The number of rotatable bonds is 4. The third-order valence-corrected chi connectivity index (χ3v) is 5.00. The Morgan fingerprint density at radius 2 is 2.08 bits per heavy atom. The van der Waals surface area contributed by atoms with Gasteiger partial charge in [0.2, 0.25) is 0 Å². The number of thiazole rings is 1. The van der Waals surface area contributed by atoms with Gasteiger partial charge in [0.15, 0.2) is 0 Å². The molecule has 0 aliphatic carbocycles. The minimum Gasteiger partial charge on any atom is -0.334 e. The van der Waals surface area contributed by atoms with Crippen LogP contribution in [-0.2, 0) is 25.9 Å². The van der Waals surface area contributed by atoms with Gasteiger partial charge in [-0.2, -0.15) is 0 Å². The van der Waals surface area contributed by atoms with Crippen LogP contribution in [0, 0.1) is 0 Å². The maximum atomic E-state index is 12.4. The fourth-order valence-corrected chi connectivity index (χ4v) is 3.64. The number of fused-ring (bicyclic) bond motifs is 1. The normalized spacial score (nSPS) is 13.8. The van der Waals surface area contributed by atoms with E-state index in [1.807, 2.05) is 17.3 Å². The number of hydrogen-bond donors (Lipinski definition) is 0. The lowest BCUT2D eigenvalue weighted by molar-refractivity contribution is 0.0726. The predicted molar refractivity (Wildman–Crippen MR) is 92.9 cm³/mol. The molecule has 0 saturated carbocycles. The first-order chi connectivity index (χ1) is 11.8. The van der Waals surface area contributed by atoms with Crippen LogP contribution in [-0.4, -0.2) is 31.9 Å². The number of amides is 1. The van der Waals surface area contributed by atoms with Gasteiger partial charge in [-0.1, -0.05) is 30.3 Å². The summed E-state index contributed by atoms with van der Waals surface area (Å²) in [7, 11) is 0. The third kappa shape index (κ3) is 2.97. The molecule has 2 aromatic heterocycles.